The molecule has 0 bridgehead atoms. The third kappa shape index (κ3) is 2.61. The fraction of sp³-hybridized carbons (Fsp3) is 0.167. The van der Waals surface area contributed by atoms with Gasteiger partial charge in [-0.3, -0.25) is 4.79 Å². The van der Waals surface area contributed by atoms with E-state index in [-0.39, 0.29) is 11.9 Å². The number of nitrogens with one attached hydrogen (secondary N) is 1. The van der Waals surface area contributed by atoms with Crippen LogP contribution < -0.4 is 5.32 Å². The molecular formula is C18H16N4O. The van der Waals surface area contributed by atoms with Crippen molar-refractivity contribution < 1.29 is 4.79 Å². The summed E-state index contributed by atoms with van der Waals surface area (Å²) in [4.78, 5) is 16.4. The van der Waals surface area contributed by atoms with Gasteiger partial charge in [0.15, 0.2) is 0 Å². The average molecular weight is 304 g/mol. The summed E-state index contributed by atoms with van der Waals surface area (Å²) in [5.41, 5.74) is 4.10. The quantitative estimate of drug-likeness (QED) is 0.809. The van der Waals surface area contributed by atoms with Gasteiger partial charge >= 0.3 is 0 Å². The second kappa shape index (κ2) is 5.68. The molecule has 1 N–H and O–H groups in total. The monoisotopic (exact) mass is 304 g/mol. The van der Waals surface area contributed by atoms with E-state index < -0.39 is 0 Å². The fourth-order valence-corrected chi connectivity index (χ4v) is 3.06. The maximum Gasteiger partial charge on any atom is 0.251 e. The highest BCUT2D eigenvalue weighted by Crippen LogP contribution is 2.30. The second-order valence-electron chi connectivity index (χ2n) is 5.65. The Morgan fingerprint density at radius 2 is 1.96 bits per heavy atom. The molecule has 1 aliphatic carbocycles. The summed E-state index contributed by atoms with van der Waals surface area (Å²) in [5, 5.41) is 7.21. The van der Waals surface area contributed by atoms with Crippen LogP contribution in [0.2, 0.25) is 0 Å². The lowest BCUT2D eigenvalue weighted by Crippen LogP contribution is -2.27. The third-order valence-electron chi connectivity index (χ3n) is 4.25. The predicted molar refractivity (Wildman–Crippen MR) is 86.3 cm³/mol. The molecule has 1 unspecified atom stereocenters. The van der Waals surface area contributed by atoms with Gasteiger partial charge < -0.3 is 5.32 Å². The molecule has 0 fully saturated rings. The Balaban J connectivity index is 1.50. The number of fused-ring (bicyclic) bond motifs is 1. The van der Waals surface area contributed by atoms with Crippen molar-refractivity contribution in [2.45, 2.75) is 18.9 Å². The molecular weight excluding hydrogens is 288 g/mol. The van der Waals surface area contributed by atoms with Crippen molar-refractivity contribution >= 4 is 5.91 Å². The van der Waals surface area contributed by atoms with E-state index in [1.165, 1.54) is 17.5 Å². The van der Waals surface area contributed by atoms with Crippen LogP contribution in [0.5, 0.6) is 0 Å². The molecule has 0 saturated heterocycles. The van der Waals surface area contributed by atoms with Crippen molar-refractivity contribution in [1.29, 1.82) is 0 Å². The Morgan fingerprint density at radius 1 is 1.13 bits per heavy atom. The third-order valence-corrected chi connectivity index (χ3v) is 4.25. The average Bonchev–Trinajstić information content (AvgIpc) is 3.25. The summed E-state index contributed by atoms with van der Waals surface area (Å²) in [5.74, 6) is -0.0446. The predicted octanol–water partition coefficient (Wildman–Crippen LogP) is 2.68. The number of hydrogen-bond donors (Lipinski definition) is 1. The van der Waals surface area contributed by atoms with Crippen LogP contribution in [0.25, 0.3) is 5.69 Å². The normalized spacial score (nSPS) is 16.1. The second-order valence-corrected chi connectivity index (χ2v) is 5.65. The van der Waals surface area contributed by atoms with Crippen molar-refractivity contribution in [3.8, 4) is 5.69 Å². The molecule has 4 rings (SSSR count). The molecule has 0 saturated carbocycles. The largest absolute Gasteiger partial charge is 0.345 e. The van der Waals surface area contributed by atoms with Crippen molar-refractivity contribution in [2.24, 2.45) is 0 Å². The van der Waals surface area contributed by atoms with Gasteiger partial charge in [-0.2, -0.15) is 5.10 Å². The van der Waals surface area contributed by atoms with E-state index in [1.54, 1.807) is 11.0 Å². The van der Waals surface area contributed by atoms with Gasteiger partial charge in [-0.15, -0.1) is 0 Å². The maximum atomic E-state index is 12.5. The van der Waals surface area contributed by atoms with Crippen LogP contribution in [0, 0.1) is 0 Å². The minimum atomic E-state index is -0.0446. The van der Waals surface area contributed by atoms with E-state index in [9.17, 15) is 4.79 Å². The summed E-state index contributed by atoms with van der Waals surface area (Å²) in [6, 6.07) is 15.8. The molecule has 5 nitrogen and oxygen atoms in total. The van der Waals surface area contributed by atoms with Crippen LogP contribution in [-0.4, -0.2) is 20.7 Å². The first-order valence-electron chi connectivity index (χ1n) is 7.65. The number of benzene rings is 2. The highest BCUT2D eigenvalue weighted by atomic mass is 16.1. The lowest BCUT2D eigenvalue weighted by molar-refractivity contribution is 0.0936. The van der Waals surface area contributed by atoms with E-state index in [2.05, 4.69) is 27.5 Å². The lowest BCUT2D eigenvalue weighted by Gasteiger charge is -2.14. The number of carbonyl (C=O) groups is 1. The smallest absolute Gasteiger partial charge is 0.251 e. The van der Waals surface area contributed by atoms with Gasteiger partial charge in [-0.25, -0.2) is 9.67 Å². The summed E-state index contributed by atoms with van der Waals surface area (Å²) in [7, 11) is 0. The first-order chi connectivity index (χ1) is 11.3. The zero-order valence-corrected chi connectivity index (χ0v) is 12.5. The number of aryl methyl sites for hydroxylation is 1. The molecule has 5 heteroatoms. The number of amides is 1. The molecule has 1 amide bonds. The molecule has 0 radical (unpaired) electrons. The topological polar surface area (TPSA) is 59.8 Å². The molecule has 3 aromatic rings. The Morgan fingerprint density at radius 3 is 2.74 bits per heavy atom. The van der Waals surface area contributed by atoms with E-state index in [0.717, 1.165) is 18.5 Å². The molecule has 1 aromatic heterocycles. The van der Waals surface area contributed by atoms with Crippen LogP contribution in [-0.2, 0) is 6.42 Å². The van der Waals surface area contributed by atoms with Crippen LogP contribution in [0.4, 0.5) is 0 Å². The highest BCUT2D eigenvalue weighted by Gasteiger charge is 2.23. The van der Waals surface area contributed by atoms with Crippen LogP contribution in [0.3, 0.4) is 0 Å². The number of rotatable bonds is 3. The van der Waals surface area contributed by atoms with Crippen molar-refractivity contribution in [2.75, 3.05) is 0 Å². The summed E-state index contributed by atoms with van der Waals surface area (Å²) in [6.07, 6.45) is 5.09. The van der Waals surface area contributed by atoms with E-state index in [1.807, 2.05) is 36.4 Å². The van der Waals surface area contributed by atoms with E-state index in [4.69, 9.17) is 0 Å². The molecule has 23 heavy (non-hydrogen) atoms. The Labute approximate surface area is 134 Å². The summed E-state index contributed by atoms with van der Waals surface area (Å²) < 4.78 is 1.66. The zero-order valence-electron chi connectivity index (χ0n) is 12.5. The van der Waals surface area contributed by atoms with Gasteiger partial charge in [0, 0.05) is 5.56 Å². The Kier molecular flexibility index (Phi) is 3.38. The van der Waals surface area contributed by atoms with Crippen molar-refractivity contribution in [1.82, 2.24) is 20.1 Å². The summed E-state index contributed by atoms with van der Waals surface area (Å²) >= 11 is 0. The summed E-state index contributed by atoms with van der Waals surface area (Å²) in [6.45, 7) is 0. The van der Waals surface area contributed by atoms with E-state index in [0.29, 0.717) is 5.56 Å². The van der Waals surface area contributed by atoms with Crippen LogP contribution in [0.15, 0.2) is 61.2 Å². The minimum Gasteiger partial charge on any atom is -0.345 e. The molecule has 1 heterocycles. The van der Waals surface area contributed by atoms with Gasteiger partial charge in [0.1, 0.15) is 12.7 Å². The van der Waals surface area contributed by atoms with Gasteiger partial charge in [0.25, 0.3) is 5.91 Å². The van der Waals surface area contributed by atoms with Crippen molar-refractivity contribution in [3.63, 3.8) is 0 Å². The van der Waals surface area contributed by atoms with Gasteiger partial charge in [-0.1, -0.05) is 24.3 Å². The molecule has 1 aliphatic rings. The number of aromatic nitrogens is 3. The maximum absolute atomic E-state index is 12.5. The first kappa shape index (κ1) is 13.7. The molecule has 0 aliphatic heterocycles. The molecule has 2 aromatic carbocycles. The Hall–Kier alpha value is -2.95. The first-order valence-corrected chi connectivity index (χ1v) is 7.65. The number of hydrogen-bond acceptors (Lipinski definition) is 3. The molecule has 0 spiro atoms. The van der Waals surface area contributed by atoms with Gasteiger partial charge in [0.05, 0.1) is 11.7 Å². The minimum absolute atomic E-state index is 0.0446. The van der Waals surface area contributed by atoms with Gasteiger partial charge in [-0.05, 0) is 48.2 Å². The molecule has 114 valence electrons. The highest BCUT2D eigenvalue weighted by molar-refractivity contribution is 5.94. The number of carbonyl (C=O) groups excluding carboxylic acids is 1. The zero-order chi connectivity index (χ0) is 15.6. The molecule has 1 atom stereocenters. The number of nitrogens with zero attached hydrogens (tertiary/aromatic N) is 3. The van der Waals surface area contributed by atoms with Gasteiger partial charge in [0.2, 0.25) is 0 Å². The Bertz CT molecular complexity index is 824. The SMILES string of the molecule is O=C(NC1CCc2ccccc21)c1ccc(-n2cncn2)cc1. The van der Waals surface area contributed by atoms with E-state index >= 15 is 0 Å². The lowest BCUT2D eigenvalue weighted by atomic mass is 10.1. The van der Waals surface area contributed by atoms with Crippen molar-refractivity contribution in [3.05, 3.63) is 77.9 Å². The fourth-order valence-electron chi connectivity index (χ4n) is 3.06. The van der Waals surface area contributed by atoms with Crippen LogP contribution in [0.1, 0.15) is 33.9 Å². The standard InChI is InChI=1S/C18H16N4O/c23-18(21-17-10-7-13-3-1-2-4-16(13)17)14-5-8-15(9-6-14)22-12-19-11-20-22/h1-6,8-9,11-12,17H,7,10H2,(H,21,23). The van der Waals surface area contributed by atoms with Crippen LogP contribution >= 0.6 is 0 Å².